The van der Waals surface area contributed by atoms with Crippen LogP contribution in [0.3, 0.4) is 0 Å². The molecule has 3 aromatic carbocycles. The average Bonchev–Trinajstić information content (AvgIpc) is 3.05. The van der Waals surface area contributed by atoms with Gasteiger partial charge in [-0.1, -0.05) is 90.7 Å². The van der Waals surface area contributed by atoms with Crippen molar-refractivity contribution in [2.24, 2.45) is 0 Å². The van der Waals surface area contributed by atoms with Crippen LogP contribution in [0.2, 0.25) is 0 Å². The molecule has 5 heteroatoms. The number of ether oxygens (including phenoxy) is 1. The quantitative estimate of drug-likeness (QED) is 0.456. The lowest BCUT2D eigenvalue weighted by Crippen LogP contribution is -2.17. The zero-order valence-corrected chi connectivity index (χ0v) is 16.6. The smallest absolute Gasteiger partial charge is 0.263 e. The van der Waals surface area contributed by atoms with E-state index in [4.69, 9.17) is 17.0 Å². The van der Waals surface area contributed by atoms with Crippen molar-refractivity contribution >= 4 is 40.3 Å². The molecular weight excluding hydrogens is 386 g/mol. The minimum atomic E-state index is -0.146. The van der Waals surface area contributed by atoms with Crippen LogP contribution in [-0.4, -0.2) is 10.2 Å². The lowest BCUT2D eigenvalue weighted by molar-refractivity contribution is -0.115. The number of hydrogen-bond acceptors (Lipinski definition) is 4. The Balaban J connectivity index is 1.46. The third kappa shape index (κ3) is 4.32. The third-order valence-electron chi connectivity index (χ3n) is 4.32. The summed E-state index contributed by atoms with van der Waals surface area (Å²) in [5.74, 6) is 0.636. The normalized spacial score (nSPS) is 14.9. The Bertz CT molecular complexity index is 1040. The molecule has 0 saturated carbocycles. The molecule has 0 aliphatic carbocycles. The molecule has 3 aromatic rings. The van der Waals surface area contributed by atoms with Crippen LogP contribution in [0.4, 0.5) is 0 Å². The maximum Gasteiger partial charge on any atom is 0.263 e. The van der Waals surface area contributed by atoms with Gasteiger partial charge >= 0.3 is 0 Å². The van der Waals surface area contributed by atoms with E-state index >= 15 is 0 Å². The molecule has 138 valence electrons. The largest absolute Gasteiger partial charge is 0.489 e. The van der Waals surface area contributed by atoms with Gasteiger partial charge in [-0.25, -0.2) is 0 Å². The summed E-state index contributed by atoms with van der Waals surface area (Å²) in [5.41, 5.74) is 4.41. The predicted molar refractivity (Wildman–Crippen MR) is 119 cm³/mol. The van der Waals surface area contributed by atoms with E-state index in [2.05, 4.69) is 29.6 Å². The number of benzene rings is 3. The average molecular weight is 404 g/mol. The molecule has 1 saturated heterocycles. The van der Waals surface area contributed by atoms with E-state index in [-0.39, 0.29) is 5.91 Å². The molecule has 0 unspecified atom stereocenters. The first kappa shape index (κ1) is 18.5. The van der Waals surface area contributed by atoms with Crippen LogP contribution < -0.4 is 10.1 Å². The van der Waals surface area contributed by atoms with Crippen LogP contribution in [0.5, 0.6) is 5.75 Å². The van der Waals surface area contributed by atoms with Crippen molar-refractivity contribution in [3.05, 3.63) is 94.9 Å². The topological polar surface area (TPSA) is 38.3 Å². The molecule has 1 amide bonds. The summed E-state index contributed by atoms with van der Waals surface area (Å²) in [6.07, 6.45) is 1.83. The van der Waals surface area contributed by atoms with Crippen molar-refractivity contribution in [2.75, 3.05) is 0 Å². The molecule has 0 atom stereocenters. The van der Waals surface area contributed by atoms with Gasteiger partial charge in [0, 0.05) is 0 Å². The molecule has 0 bridgehead atoms. The first-order valence-electron chi connectivity index (χ1n) is 8.80. The molecule has 28 heavy (non-hydrogen) atoms. The zero-order chi connectivity index (χ0) is 19.3. The summed E-state index contributed by atoms with van der Waals surface area (Å²) in [4.78, 5) is 12.4. The number of amides is 1. The Morgan fingerprint density at radius 1 is 0.929 bits per heavy atom. The highest BCUT2D eigenvalue weighted by molar-refractivity contribution is 8.26. The van der Waals surface area contributed by atoms with Crippen molar-refractivity contribution in [2.45, 2.75) is 6.61 Å². The van der Waals surface area contributed by atoms with E-state index in [0.29, 0.717) is 15.8 Å². The Hall–Kier alpha value is -2.89. The molecule has 0 aromatic heterocycles. The Kier molecular flexibility index (Phi) is 5.55. The first-order valence-corrected chi connectivity index (χ1v) is 10.0. The van der Waals surface area contributed by atoms with Crippen LogP contribution in [-0.2, 0) is 11.4 Å². The molecule has 3 nitrogen and oxygen atoms in total. The van der Waals surface area contributed by atoms with Crippen LogP contribution >= 0.6 is 24.0 Å². The summed E-state index contributed by atoms with van der Waals surface area (Å²) in [5, 5.41) is 2.62. The van der Waals surface area contributed by atoms with Gasteiger partial charge in [-0.15, -0.1) is 0 Å². The monoisotopic (exact) mass is 403 g/mol. The van der Waals surface area contributed by atoms with E-state index < -0.39 is 0 Å². The highest BCUT2D eigenvalue weighted by Gasteiger charge is 2.21. The lowest BCUT2D eigenvalue weighted by Gasteiger charge is -2.11. The van der Waals surface area contributed by atoms with Crippen molar-refractivity contribution in [3.63, 3.8) is 0 Å². The Morgan fingerprint density at radius 3 is 2.36 bits per heavy atom. The summed E-state index contributed by atoms with van der Waals surface area (Å²) in [6.45, 7) is 0.484. The molecular formula is C23H17NO2S2. The van der Waals surface area contributed by atoms with E-state index in [1.807, 2.05) is 60.7 Å². The second-order valence-corrected chi connectivity index (χ2v) is 7.95. The number of nitrogens with one attached hydrogen (secondary N) is 1. The third-order valence-corrected chi connectivity index (χ3v) is 5.48. The molecule has 1 aliphatic heterocycles. The van der Waals surface area contributed by atoms with E-state index in [9.17, 15) is 4.79 Å². The second kappa shape index (κ2) is 8.42. The number of carbonyl (C=O) groups is 1. The van der Waals surface area contributed by atoms with Crippen LogP contribution in [0.15, 0.2) is 83.8 Å². The van der Waals surface area contributed by atoms with Gasteiger partial charge in [-0.3, -0.25) is 4.79 Å². The standard InChI is InChI=1S/C23H17NO2S2/c25-22-21(28-23(27)24-22)14-16-10-12-19(13-11-16)26-15-18-8-4-5-9-20(18)17-6-2-1-3-7-17/h1-14H,15H2,(H,24,25,27). The molecule has 0 spiro atoms. The van der Waals surface area contributed by atoms with Gasteiger partial charge in [0.25, 0.3) is 5.91 Å². The SMILES string of the molecule is O=C1NC(=S)SC1=Cc1ccc(OCc2ccccc2-c2ccccc2)cc1. The Morgan fingerprint density at radius 2 is 1.64 bits per heavy atom. The van der Waals surface area contributed by atoms with Gasteiger partial charge in [0.1, 0.15) is 16.7 Å². The maximum atomic E-state index is 11.8. The second-order valence-electron chi connectivity index (χ2n) is 6.23. The molecule has 0 radical (unpaired) electrons. The molecule has 1 fully saturated rings. The number of thiocarbonyl (C=S) groups is 1. The maximum absolute atomic E-state index is 11.8. The van der Waals surface area contributed by atoms with Crippen molar-refractivity contribution < 1.29 is 9.53 Å². The molecule has 1 N–H and O–H groups in total. The number of rotatable bonds is 5. The molecule has 4 rings (SSSR count). The van der Waals surface area contributed by atoms with Gasteiger partial charge in [0.15, 0.2) is 0 Å². The minimum absolute atomic E-state index is 0.146. The zero-order valence-electron chi connectivity index (χ0n) is 14.9. The number of thioether (sulfide) groups is 1. The van der Waals surface area contributed by atoms with Gasteiger partial charge < -0.3 is 10.1 Å². The van der Waals surface area contributed by atoms with Gasteiger partial charge in [-0.05, 0) is 40.5 Å². The van der Waals surface area contributed by atoms with Crippen molar-refractivity contribution in [3.8, 4) is 16.9 Å². The number of hydrogen-bond donors (Lipinski definition) is 1. The van der Waals surface area contributed by atoms with E-state index in [1.165, 1.54) is 22.9 Å². The van der Waals surface area contributed by atoms with Gasteiger partial charge in [-0.2, -0.15) is 0 Å². The fourth-order valence-corrected chi connectivity index (χ4v) is 3.98. The van der Waals surface area contributed by atoms with Crippen LogP contribution in [0.1, 0.15) is 11.1 Å². The summed E-state index contributed by atoms with van der Waals surface area (Å²) in [7, 11) is 0. The highest BCUT2D eigenvalue weighted by Crippen LogP contribution is 2.27. The van der Waals surface area contributed by atoms with Crippen molar-refractivity contribution in [1.82, 2.24) is 5.32 Å². The molecule has 1 heterocycles. The van der Waals surface area contributed by atoms with Crippen molar-refractivity contribution in [1.29, 1.82) is 0 Å². The number of carbonyl (C=O) groups excluding carboxylic acids is 1. The van der Waals surface area contributed by atoms with Crippen LogP contribution in [0, 0.1) is 0 Å². The minimum Gasteiger partial charge on any atom is -0.489 e. The van der Waals surface area contributed by atoms with E-state index in [0.717, 1.165) is 16.9 Å². The summed E-state index contributed by atoms with van der Waals surface area (Å²) < 4.78 is 6.49. The molecule has 1 aliphatic rings. The Labute approximate surface area is 173 Å². The highest BCUT2D eigenvalue weighted by atomic mass is 32.2. The summed E-state index contributed by atoms with van der Waals surface area (Å²) >= 11 is 6.29. The summed E-state index contributed by atoms with van der Waals surface area (Å²) in [6, 6.07) is 26.2. The van der Waals surface area contributed by atoms with Gasteiger partial charge in [0.05, 0.1) is 4.91 Å². The van der Waals surface area contributed by atoms with Gasteiger partial charge in [0.2, 0.25) is 0 Å². The predicted octanol–water partition coefficient (Wildman–Crippen LogP) is 5.42. The fourth-order valence-electron chi connectivity index (χ4n) is 2.94. The first-order chi connectivity index (χ1) is 13.7. The van der Waals surface area contributed by atoms with Crippen LogP contribution in [0.25, 0.3) is 17.2 Å². The fraction of sp³-hybridized carbons (Fsp3) is 0.0435. The lowest BCUT2D eigenvalue weighted by atomic mass is 10.0. The van der Waals surface area contributed by atoms with E-state index in [1.54, 1.807) is 0 Å².